The van der Waals surface area contributed by atoms with Crippen molar-refractivity contribution in [3.63, 3.8) is 0 Å². The second-order valence-electron chi connectivity index (χ2n) is 2.75. The van der Waals surface area contributed by atoms with Crippen LogP contribution in [0.2, 0.25) is 10.0 Å². The number of hydrogen-bond acceptors (Lipinski definition) is 1. The lowest BCUT2D eigenvalue weighted by atomic mass is 10.1. The van der Waals surface area contributed by atoms with Gasteiger partial charge in [0.25, 0.3) is 0 Å². The van der Waals surface area contributed by atoms with E-state index in [9.17, 15) is 4.79 Å². The molecule has 0 bridgehead atoms. The number of hydrogen-bond donors (Lipinski definition) is 1. The molecule has 0 fully saturated rings. The Hall–Kier alpha value is -0.440. The van der Waals surface area contributed by atoms with E-state index in [4.69, 9.17) is 39.9 Å². The molecule has 0 saturated heterocycles. The third kappa shape index (κ3) is 3.05. The Morgan fingerprint density at radius 3 is 2.57 bits per heavy atom. The molecule has 0 amide bonds. The van der Waals surface area contributed by atoms with Gasteiger partial charge in [-0.2, -0.15) is 0 Å². The lowest BCUT2D eigenvalue weighted by molar-refractivity contribution is -0.136. The molecule has 0 radical (unpaired) electrons. The van der Waals surface area contributed by atoms with Crippen LogP contribution in [0.5, 0.6) is 0 Å². The highest BCUT2D eigenvalue weighted by Gasteiger charge is 2.15. The van der Waals surface area contributed by atoms with Crippen LogP contribution in [0.15, 0.2) is 18.2 Å². The zero-order valence-electron chi connectivity index (χ0n) is 7.01. The Kier molecular flexibility index (Phi) is 4.05. The summed E-state index contributed by atoms with van der Waals surface area (Å²) in [4.78, 5) is 10.5. The summed E-state index contributed by atoms with van der Waals surface area (Å²) in [6, 6.07) is 4.88. The molecule has 0 spiro atoms. The molecular formula is C9H7Cl3O2. The van der Waals surface area contributed by atoms with E-state index in [1.807, 2.05) is 0 Å². The van der Waals surface area contributed by atoms with Gasteiger partial charge in [0.2, 0.25) is 0 Å². The summed E-state index contributed by atoms with van der Waals surface area (Å²) in [6.07, 6.45) is 0.187. The standard InChI is InChI=1S/C9H7Cl3O2/c10-6-2-1-5(7(11)4-6)3-8(12)9(13)14/h1-2,4,8H,3H2,(H,13,14)/t8-/m1/s1. The van der Waals surface area contributed by atoms with Crippen LogP contribution in [0.25, 0.3) is 0 Å². The number of carbonyl (C=O) groups is 1. The van der Waals surface area contributed by atoms with Crippen LogP contribution >= 0.6 is 34.8 Å². The second-order valence-corrected chi connectivity index (χ2v) is 4.12. The number of aliphatic carboxylic acids is 1. The minimum atomic E-state index is -1.06. The molecule has 1 aromatic carbocycles. The molecule has 1 N–H and O–H groups in total. The van der Waals surface area contributed by atoms with E-state index in [0.29, 0.717) is 15.6 Å². The molecule has 0 heterocycles. The average molecular weight is 254 g/mol. The largest absolute Gasteiger partial charge is 0.480 e. The number of carboxylic acids is 1. The lowest BCUT2D eigenvalue weighted by Gasteiger charge is -2.06. The first-order valence-electron chi connectivity index (χ1n) is 3.81. The maximum Gasteiger partial charge on any atom is 0.321 e. The van der Waals surface area contributed by atoms with Crippen molar-refractivity contribution < 1.29 is 9.90 Å². The third-order valence-corrected chi connectivity index (χ3v) is 2.61. The fraction of sp³-hybridized carbons (Fsp3) is 0.222. The molecule has 0 aromatic heterocycles. The summed E-state index contributed by atoms with van der Waals surface area (Å²) >= 11 is 17.1. The van der Waals surface area contributed by atoms with E-state index < -0.39 is 11.3 Å². The highest BCUT2D eigenvalue weighted by Crippen LogP contribution is 2.23. The van der Waals surface area contributed by atoms with Crippen molar-refractivity contribution in [3.05, 3.63) is 33.8 Å². The minimum Gasteiger partial charge on any atom is -0.480 e. The summed E-state index contributed by atoms with van der Waals surface area (Å²) in [6.45, 7) is 0. The molecular weight excluding hydrogens is 246 g/mol. The molecule has 1 aromatic rings. The van der Waals surface area contributed by atoms with Crippen LogP contribution in [0.3, 0.4) is 0 Å². The van der Waals surface area contributed by atoms with Crippen LogP contribution in [0.1, 0.15) is 5.56 Å². The Labute approximate surface area is 96.4 Å². The monoisotopic (exact) mass is 252 g/mol. The van der Waals surface area contributed by atoms with Crippen molar-refractivity contribution in [2.45, 2.75) is 11.8 Å². The van der Waals surface area contributed by atoms with Gasteiger partial charge < -0.3 is 5.11 Å². The summed E-state index contributed by atoms with van der Waals surface area (Å²) in [5.41, 5.74) is 0.679. The van der Waals surface area contributed by atoms with Crippen LogP contribution in [-0.2, 0) is 11.2 Å². The number of benzene rings is 1. The molecule has 5 heteroatoms. The highest BCUT2D eigenvalue weighted by atomic mass is 35.5. The average Bonchev–Trinajstić information content (AvgIpc) is 2.09. The molecule has 0 saturated carbocycles. The summed E-state index contributed by atoms with van der Waals surface area (Å²) in [7, 11) is 0. The molecule has 0 aliphatic rings. The molecule has 14 heavy (non-hydrogen) atoms. The van der Waals surface area contributed by atoms with Gasteiger partial charge in [0, 0.05) is 16.5 Å². The Morgan fingerprint density at radius 2 is 2.07 bits per heavy atom. The Balaban J connectivity index is 2.82. The fourth-order valence-corrected chi connectivity index (χ4v) is 1.62. The fourth-order valence-electron chi connectivity index (χ4n) is 0.968. The number of rotatable bonds is 3. The van der Waals surface area contributed by atoms with Crippen molar-refractivity contribution in [1.82, 2.24) is 0 Å². The zero-order valence-corrected chi connectivity index (χ0v) is 9.27. The number of alkyl halides is 1. The molecule has 0 aliphatic carbocycles. The maximum atomic E-state index is 10.5. The molecule has 0 aliphatic heterocycles. The van der Waals surface area contributed by atoms with Crippen molar-refractivity contribution in [2.24, 2.45) is 0 Å². The van der Waals surface area contributed by atoms with Gasteiger partial charge in [0.05, 0.1) is 0 Å². The van der Waals surface area contributed by atoms with Gasteiger partial charge in [0.15, 0.2) is 0 Å². The van der Waals surface area contributed by atoms with E-state index >= 15 is 0 Å². The molecule has 1 atom stereocenters. The van der Waals surface area contributed by atoms with E-state index in [2.05, 4.69) is 0 Å². The van der Waals surface area contributed by atoms with Crippen LogP contribution in [0, 0.1) is 0 Å². The van der Waals surface area contributed by atoms with Gasteiger partial charge >= 0.3 is 5.97 Å². The van der Waals surface area contributed by atoms with Gasteiger partial charge in [-0.3, -0.25) is 4.79 Å². The molecule has 2 nitrogen and oxygen atoms in total. The first-order valence-corrected chi connectivity index (χ1v) is 5.00. The Morgan fingerprint density at radius 1 is 1.43 bits per heavy atom. The normalized spacial score (nSPS) is 12.5. The zero-order chi connectivity index (χ0) is 10.7. The van der Waals surface area contributed by atoms with E-state index in [0.717, 1.165) is 0 Å². The highest BCUT2D eigenvalue weighted by molar-refractivity contribution is 6.35. The van der Waals surface area contributed by atoms with E-state index in [1.54, 1.807) is 18.2 Å². The predicted octanol–water partition coefficient (Wildman–Crippen LogP) is 3.23. The van der Waals surface area contributed by atoms with Crippen molar-refractivity contribution in [2.75, 3.05) is 0 Å². The van der Waals surface area contributed by atoms with Crippen molar-refractivity contribution in [1.29, 1.82) is 0 Å². The smallest absolute Gasteiger partial charge is 0.321 e. The van der Waals surface area contributed by atoms with Gasteiger partial charge in [-0.25, -0.2) is 0 Å². The van der Waals surface area contributed by atoms with Crippen molar-refractivity contribution >= 4 is 40.8 Å². The Bertz CT molecular complexity index is 352. The molecule has 1 rings (SSSR count). The SMILES string of the molecule is O=C(O)[C@H](Cl)Cc1ccc(Cl)cc1Cl. The lowest BCUT2D eigenvalue weighted by Crippen LogP contribution is -2.16. The molecule has 0 unspecified atom stereocenters. The second kappa shape index (κ2) is 4.87. The number of carboxylic acid groups (broad SMARTS) is 1. The summed E-state index contributed by atoms with van der Waals surface area (Å²) < 4.78 is 0. The van der Waals surface area contributed by atoms with Gasteiger partial charge in [-0.1, -0.05) is 29.3 Å². The molecule has 76 valence electrons. The maximum absolute atomic E-state index is 10.5. The quantitative estimate of drug-likeness (QED) is 0.840. The summed E-state index contributed by atoms with van der Waals surface area (Å²) in [5.74, 6) is -1.06. The van der Waals surface area contributed by atoms with E-state index in [-0.39, 0.29) is 6.42 Å². The topological polar surface area (TPSA) is 37.3 Å². The van der Waals surface area contributed by atoms with Crippen LogP contribution < -0.4 is 0 Å². The number of halogens is 3. The first-order chi connectivity index (χ1) is 6.50. The minimum absolute atomic E-state index is 0.187. The first kappa shape index (κ1) is 11.6. The predicted molar refractivity (Wildman–Crippen MR) is 57.4 cm³/mol. The summed E-state index contributed by atoms with van der Waals surface area (Å²) in [5, 5.41) is 8.57. The van der Waals surface area contributed by atoms with Gasteiger partial charge in [-0.05, 0) is 17.7 Å². The van der Waals surface area contributed by atoms with Crippen molar-refractivity contribution in [3.8, 4) is 0 Å². The van der Waals surface area contributed by atoms with Gasteiger partial charge in [0.1, 0.15) is 5.38 Å². The van der Waals surface area contributed by atoms with E-state index in [1.165, 1.54) is 0 Å². The third-order valence-electron chi connectivity index (χ3n) is 1.68. The van der Waals surface area contributed by atoms with Gasteiger partial charge in [-0.15, -0.1) is 11.6 Å². The van der Waals surface area contributed by atoms with Crippen LogP contribution in [-0.4, -0.2) is 16.5 Å². The van der Waals surface area contributed by atoms with Crippen LogP contribution in [0.4, 0.5) is 0 Å².